The van der Waals surface area contributed by atoms with Crippen molar-refractivity contribution in [1.29, 1.82) is 0 Å². The molecular weight excluding hydrogens is 180 g/mol. The predicted octanol–water partition coefficient (Wildman–Crippen LogP) is 1.80. The first-order valence-electron chi connectivity index (χ1n) is 4.47. The minimum Gasteiger partial charge on any atom is -0.460 e. The number of hydrogen-bond acceptors (Lipinski definition) is 3. The molecule has 1 rings (SSSR count). The van der Waals surface area contributed by atoms with Crippen LogP contribution in [0.15, 0.2) is 24.3 Å². The van der Waals surface area contributed by atoms with Crippen LogP contribution in [0.5, 0.6) is 0 Å². The van der Waals surface area contributed by atoms with Crippen LogP contribution in [0.1, 0.15) is 15.9 Å². The van der Waals surface area contributed by atoms with Gasteiger partial charge in [0.05, 0.1) is 12.2 Å². The first kappa shape index (κ1) is 10.7. The number of carbonyl (C=O) groups is 1. The molecule has 0 aliphatic rings. The number of rotatable bonds is 4. The Morgan fingerprint density at radius 3 is 2.64 bits per heavy atom. The Kier molecular flexibility index (Phi) is 4.13. The Hall–Kier alpha value is -1.35. The van der Waals surface area contributed by atoms with Gasteiger partial charge in [-0.1, -0.05) is 18.2 Å². The average molecular weight is 194 g/mol. The fourth-order valence-corrected chi connectivity index (χ4v) is 1.10. The van der Waals surface area contributed by atoms with Crippen molar-refractivity contribution in [1.82, 2.24) is 0 Å². The Morgan fingerprint density at radius 1 is 1.29 bits per heavy atom. The van der Waals surface area contributed by atoms with E-state index in [1.165, 1.54) is 0 Å². The zero-order chi connectivity index (χ0) is 10.4. The summed E-state index contributed by atoms with van der Waals surface area (Å²) in [6, 6.07) is 7.35. The molecule has 0 saturated heterocycles. The maximum absolute atomic E-state index is 11.5. The molecule has 0 aliphatic carbocycles. The van der Waals surface area contributed by atoms with Crippen molar-refractivity contribution >= 4 is 5.97 Å². The molecule has 0 radical (unpaired) electrons. The summed E-state index contributed by atoms with van der Waals surface area (Å²) in [6.07, 6.45) is 0. The predicted molar refractivity (Wildman–Crippen MR) is 53.3 cm³/mol. The number of hydrogen-bond donors (Lipinski definition) is 0. The standard InChI is InChI=1S/C11H14O3/c1-9-5-3-4-6-10(9)11(12)14-8-7-13-2/h3-6H,7-8H2,1-2H3. The number of carbonyl (C=O) groups excluding carboxylic acids is 1. The number of ether oxygens (including phenoxy) is 2. The molecule has 3 nitrogen and oxygen atoms in total. The van der Waals surface area contributed by atoms with Crippen molar-refractivity contribution in [2.24, 2.45) is 0 Å². The number of esters is 1. The molecule has 14 heavy (non-hydrogen) atoms. The SMILES string of the molecule is COCCOC(=O)c1ccccc1C. The van der Waals surface area contributed by atoms with E-state index in [9.17, 15) is 4.79 Å². The zero-order valence-electron chi connectivity index (χ0n) is 8.45. The molecule has 0 heterocycles. The maximum Gasteiger partial charge on any atom is 0.338 e. The minimum absolute atomic E-state index is 0.292. The lowest BCUT2D eigenvalue weighted by molar-refractivity contribution is 0.0387. The highest BCUT2D eigenvalue weighted by Gasteiger charge is 2.08. The van der Waals surface area contributed by atoms with Crippen LogP contribution in [0.4, 0.5) is 0 Å². The lowest BCUT2D eigenvalue weighted by Crippen LogP contribution is -2.10. The molecular formula is C11H14O3. The molecule has 0 aromatic heterocycles. The third kappa shape index (κ3) is 2.85. The van der Waals surface area contributed by atoms with Gasteiger partial charge >= 0.3 is 5.97 Å². The molecule has 1 aromatic carbocycles. The van der Waals surface area contributed by atoms with E-state index in [1.807, 2.05) is 25.1 Å². The topological polar surface area (TPSA) is 35.5 Å². The third-order valence-electron chi connectivity index (χ3n) is 1.89. The van der Waals surface area contributed by atoms with Gasteiger partial charge in [-0.3, -0.25) is 0 Å². The summed E-state index contributed by atoms with van der Waals surface area (Å²) in [5.41, 5.74) is 1.54. The van der Waals surface area contributed by atoms with Crippen LogP contribution in [-0.2, 0) is 9.47 Å². The highest BCUT2D eigenvalue weighted by atomic mass is 16.6. The second-order valence-corrected chi connectivity index (χ2v) is 2.94. The molecule has 0 unspecified atom stereocenters. The van der Waals surface area contributed by atoms with Gasteiger partial charge < -0.3 is 9.47 Å². The van der Waals surface area contributed by atoms with Gasteiger partial charge in [0.2, 0.25) is 0 Å². The summed E-state index contributed by atoms with van der Waals surface area (Å²) in [4.78, 5) is 11.5. The summed E-state index contributed by atoms with van der Waals surface area (Å²) in [5.74, 6) is -0.292. The summed E-state index contributed by atoms with van der Waals surface area (Å²) < 4.78 is 9.77. The summed E-state index contributed by atoms with van der Waals surface area (Å²) in [5, 5.41) is 0. The normalized spacial score (nSPS) is 9.86. The lowest BCUT2D eigenvalue weighted by atomic mass is 10.1. The number of methoxy groups -OCH3 is 1. The molecule has 1 aromatic rings. The molecule has 0 saturated carbocycles. The summed E-state index contributed by atoms with van der Waals surface area (Å²) in [6.45, 7) is 2.61. The smallest absolute Gasteiger partial charge is 0.338 e. The van der Waals surface area contributed by atoms with Gasteiger partial charge in [0, 0.05) is 7.11 Å². The highest BCUT2D eigenvalue weighted by Crippen LogP contribution is 2.08. The van der Waals surface area contributed by atoms with Gasteiger partial charge in [-0.2, -0.15) is 0 Å². The maximum atomic E-state index is 11.5. The first-order valence-corrected chi connectivity index (χ1v) is 4.47. The largest absolute Gasteiger partial charge is 0.460 e. The monoisotopic (exact) mass is 194 g/mol. The van der Waals surface area contributed by atoms with E-state index in [1.54, 1.807) is 13.2 Å². The van der Waals surface area contributed by atoms with Gasteiger partial charge in [0.25, 0.3) is 0 Å². The van der Waals surface area contributed by atoms with E-state index >= 15 is 0 Å². The zero-order valence-corrected chi connectivity index (χ0v) is 8.45. The van der Waals surface area contributed by atoms with Crippen molar-refractivity contribution in [2.75, 3.05) is 20.3 Å². The van der Waals surface area contributed by atoms with Gasteiger partial charge in [-0.15, -0.1) is 0 Å². The van der Waals surface area contributed by atoms with Crippen LogP contribution in [0.3, 0.4) is 0 Å². The molecule has 0 N–H and O–H groups in total. The average Bonchev–Trinajstić information content (AvgIpc) is 2.18. The Bertz CT molecular complexity index is 307. The van der Waals surface area contributed by atoms with Gasteiger partial charge in [0.1, 0.15) is 6.61 Å². The fraction of sp³-hybridized carbons (Fsp3) is 0.364. The molecule has 3 heteroatoms. The molecule has 0 bridgehead atoms. The van der Waals surface area contributed by atoms with Crippen LogP contribution < -0.4 is 0 Å². The van der Waals surface area contributed by atoms with Gasteiger partial charge in [-0.05, 0) is 18.6 Å². The van der Waals surface area contributed by atoms with Gasteiger partial charge in [-0.25, -0.2) is 4.79 Å². The van der Waals surface area contributed by atoms with Crippen molar-refractivity contribution in [3.05, 3.63) is 35.4 Å². The first-order chi connectivity index (χ1) is 6.75. The van der Waals surface area contributed by atoms with Crippen LogP contribution in [0.2, 0.25) is 0 Å². The van der Waals surface area contributed by atoms with Crippen molar-refractivity contribution in [3.8, 4) is 0 Å². The summed E-state index contributed by atoms with van der Waals surface area (Å²) in [7, 11) is 1.57. The molecule has 0 aliphatic heterocycles. The Balaban J connectivity index is 2.56. The van der Waals surface area contributed by atoms with E-state index in [-0.39, 0.29) is 5.97 Å². The van der Waals surface area contributed by atoms with E-state index in [2.05, 4.69) is 0 Å². The minimum atomic E-state index is -0.292. The second-order valence-electron chi connectivity index (χ2n) is 2.94. The highest BCUT2D eigenvalue weighted by molar-refractivity contribution is 5.90. The molecule has 0 spiro atoms. The molecule has 76 valence electrons. The fourth-order valence-electron chi connectivity index (χ4n) is 1.10. The van der Waals surface area contributed by atoms with E-state index in [0.29, 0.717) is 18.8 Å². The van der Waals surface area contributed by atoms with E-state index < -0.39 is 0 Å². The summed E-state index contributed by atoms with van der Waals surface area (Å²) >= 11 is 0. The van der Waals surface area contributed by atoms with Crippen LogP contribution in [0, 0.1) is 6.92 Å². The molecule has 0 amide bonds. The van der Waals surface area contributed by atoms with Crippen LogP contribution in [0.25, 0.3) is 0 Å². The second kappa shape index (κ2) is 5.40. The lowest BCUT2D eigenvalue weighted by Gasteiger charge is -2.05. The van der Waals surface area contributed by atoms with E-state index in [4.69, 9.17) is 9.47 Å². The van der Waals surface area contributed by atoms with Crippen LogP contribution >= 0.6 is 0 Å². The Labute approximate surface area is 83.6 Å². The van der Waals surface area contributed by atoms with Crippen molar-refractivity contribution in [3.63, 3.8) is 0 Å². The van der Waals surface area contributed by atoms with E-state index in [0.717, 1.165) is 5.56 Å². The number of aryl methyl sites for hydroxylation is 1. The molecule has 0 atom stereocenters. The Morgan fingerprint density at radius 2 is 2.00 bits per heavy atom. The van der Waals surface area contributed by atoms with Crippen molar-refractivity contribution < 1.29 is 14.3 Å². The number of benzene rings is 1. The van der Waals surface area contributed by atoms with Crippen molar-refractivity contribution in [2.45, 2.75) is 6.92 Å². The molecule has 0 fully saturated rings. The third-order valence-corrected chi connectivity index (χ3v) is 1.89. The quantitative estimate of drug-likeness (QED) is 0.541. The van der Waals surface area contributed by atoms with Crippen LogP contribution in [-0.4, -0.2) is 26.3 Å². The van der Waals surface area contributed by atoms with Gasteiger partial charge in [0.15, 0.2) is 0 Å².